The Hall–Kier alpha value is -4.38. The van der Waals surface area contributed by atoms with Gasteiger partial charge in [-0.2, -0.15) is 10.5 Å². The molecule has 3 heterocycles. The number of aromatic amines is 1. The van der Waals surface area contributed by atoms with Crippen molar-refractivity contribution in [2.24, 2.45) is 0 Å². The van der Waals surface area contributed by atoms with E-state index in [1.54, 1.807) is 6.20 Å². The number of imidazole rings is 1. The van der Waals surface area contributed by atoms with Crippen LogP contribution in [-0.2, 0) is 13.0 Å². The van der Waals surface area contributed by atoms with Crippen molar-refractivity contribution in [1.29, 1.82) is 5.26 Å². The summed E-state index contributed by atoms with van der Waals surface area (Å²) in [5, 5.41) is 24.0. The summed E-state index contributed by atoms with van der Waals surface area (Å²) in [4.78, 5) is 9.01. The van der Waals surface area contributed by atoms with Gasteiger partial charge in [0.05, 0.1) is 5.52 Å². The van der Waals surface area contributed by atoms with Gasteiger partial charge in [-0.05, 0) is 34.4 Å². The lowest BCUT2D eigenvalue weighted by Crippen LogP contribution is -2.06. The molecule has 0 aliphatic rings. The van der Waals surface area contributed by atoms with E-state index >= 15 is 0 Å². The monoisotopic (exact) mass is 420 g/mol. The summed E-state index contributed by atoms with van der Waals surface area (Å²) in [7, 11) is 0. The van der Waals surface area contributed by atoms with Crippen LogP contribution in [0.25, 0.3) is 33.5 Å². The lowest BCUT2D eigenvalue weighted by atomic mass is 9.98. The first-order valence-corrected chi connectivity index (χ1v) is 10.4. The number of aryl methyl sites for hydroxylation is 1. The summed E-state index contributed by atoms with van der Waals surface area (Å²) in [5.74, 6) is 1.54. The molecule has 0 amide bonds. The first-order chi connectivity index (χ1) is 15.8. The van der Waals surface area contributed by atoms with Gasteiger partial charge in [-0.15, -0.1) is 10.2 Å². The lowest BCUT2D eigenvalue weighted by molar-refractivity contribution is 0.720. The Labute approximate surface area is 184 Å². The van der Waals surface area contributed by atoms with E-state index in [-0.39, 0.29) is 0 Å². The molecule has 0 atom stereocenters. The number of H-pyrrole nitrogens is 1. The fourth-order valence-corrected chi connectivity index (χ4v) is 3.97. The van der Waals surface area contributed by atoms with Gasteiger partial charge in [-0.1, -0.05) is 55.5 Å². The first kappa shape index (κ1) is 19.6. The van der Waals surface area contributed by atoms with E-state index in [1.807, 2.05) is 30.3 Å². The maximum absolute atomic E-state index is 9.56. The molecule has 0 unspecified atom stereocenters. The third-order valence-electron chi connectivity index (χ3n) is 5.43. The zero-order valence-electron chi connectivity index (χ0n) is 17.5. The van der Waals surface area contributed by atoms with Crippen molar-refractivity contribution in [2.45, 2.75) is 26.3 Å². The van der Waals surface area contributed by atoms with Gasteiger partial charge in [0.25, 0.3) is 0 Å². The predicted molar refractivity (Wildman–Crippen MR) is 120 cm³/mol. The molecule has 2 aromatic carbocycles. The third-order valence-corrected chi connectivity index (χ3v) is 5.43. The summed E-state index contributed by atoms with van der Waals surface area (Å²) in [6, 6.07) is 20.5. The number of aromatic nitrogens is 7. The minimum absolute atomic E-state index is 0.406. The molecule has 3 aromatic heterocycles. The lowest BCUT2D eigenvalue weighted by Gasteiger charge is -2.11. The van der Waals surface area contributed by atoms with E-state index in [0.29, 0.717) is 18.1 Å². The normalized spacial score (nSPS) is 11.0. The highest BCUT2D eigenvalue weighted by Gasteiger charge is 2.15. The largest absolute Gasteiger partial charge is 0.321 e. The molecule has 0 bridgehead atoms. The van der Waals surface area contributed by atoms with Gasteiger partial charge in [0, 0.05) is 24.7 Å². The fraction of sp³-hybridized carbons (Fsp3) is 0.167. The van der Waals surface area contributed by atoms with Crippen LogP contribution < -0.4 is 0 Å². The van der Waals surface area contributed by atoms with E-state index in [1.165, 1.54) is 0 Å². The third kappa shape index (κ3) is 3.50. The minimum atomic E-state index is 0.406. The minimum Gasteiger partial charge on any atom is -0.321 e. The SMILES string of the molecule is CCCc1nc2ccnc(C#N)c2n1Cc1ccc(-c2ccccc2-c2nn[nH]n2)cc1. The highest BCUT2D eigenvalue weighted by molar-refractivity contribution is 5.81. The Kier molecular flexibility index (Phi) is 5.14. The second kappa shape index (κ2) is 8.40. The van der Waals surface area contributed by atoms with Gasteiger partial charge in [-0.3, -0.25) is 0 Å². The molecule has 5 aromatic rings. The van der Waals surface area contributed by atoms with Crippen molar-refractivity contribution in [2.75, 3.05) is 0 Å². The molecule has 5 rings (SSSR count). The maximum Gasteiger partial charge on any atom is 0.205 e. The van der Waals surface area contributed by atoms with Crippen molar-refractivity contribution < 1.29 is 0 Å². The summed E-state index contributed by atoms with van der Waals surface area (Å²) in [5.41, 5.74) is 6.16. The molecule has 8 heteroatoms. The molecule has 0 aliphatic heterocycles. The van der Waals surface area contributed by atoms with Crippen LogP contribution in [0, 0.1) is 11.3 Å². The molecule has 0 radical (unpaired) electrons. The van der Waals surface area contributed by atoms with Crippen molar-refractivity contribution >= 4 is 11.0 Å². The molecule has 8 nitrogen and oxygen atoms in total. The van der Waals surface area contributed by atoms with Crippen molar-refractivity contribution in [3.63, 3.8) is 0 Å². The van der Waals surface area contributed by atoms with Gasteiger partial charge in [0.2, 0.25) is 5.82 Å². The summed E-state index contributed by atoms with van der Waals surface area (Å²) in [6.07, 6.45) is 3.46. The Bertz CT molecular complexity index is 1410. The molecule has 0 fully saturated rings. The topological polar surface area (TPSA) is 109 Å². The molecule has 0 aliphatic carbocycles. The summed E-state index contributed by atoms with van der Waals surface area (Å²) in [6.45, 7) is 2.75. The second-order valence-electron chi connectivity index (χ2n) is 7.48. The quantitative estimate of drug-likeness (QED) is 0.442. The van der Waals surface area contributed by atoms with Crippen molar-refractivity contribution in [3.05, 3.63) is 77.9 Å². The molecular formula is C24H20N8. The van der Waals surface area contributed by atoms with Gasteiger partial charge in [-0.25, -0.2) is 9.97 Å². The molecule has 1 N–H and O–H groups in total. The highest BCUT2D eigenvalue weighted by atomic mass is 15.5. The van der Waals surface area contributed by atoms with E-state index in [2.05, 4.69) is 67.4 Å². The van der Waals surface area contributed by atoms with Crippen LogP contribution in [-0.4, -0.2) is 35.2 Å². The molecule has 156 valence electrons. The van der Waals surface area contributed by atoms with Crippen LogP contribution in [0.3, 0.4) is 0 Å². The number of fused-ring (bicyclic) bond motifs is 1. The fourth-order valence-electron chi connectivity index (χ4n) is 3.97. The Morgan fingerprint density at radius 2 is 1.84 bits per heavy atom. The van der Waals surface area contributed by atoms with E-state index in [4.69, 9.17) is 4.98 Å². The molecule has 0 spiro atoms. The number of pyridine rings is 1. The average Bonchev–Trinajstić information content (AvgIpc) is 3.49. The first-order valence-electron chi connectivity index (χ1n) is 10.4. The Balaban J connectivity index is 1.52. The number of rotatable bonds is 6. The number of tetrazole rings is 1. The standard InChI is InChI=1S/C24H20N8/c1-2-5-22-27-20-12-13-26-21(14-25)23(20)32(22)15-16-8-10-17(11-9-16)18-6-3-4-7-19(18)24-28-30-31-29-24/h3-4,6-13H,2,5,15H2,1H3,(H,28,29,30,31). The van der Waals surface area contributed by atoms with Crippen LogP contribution in [0.4, 0.5) is 0 Å². The summed E-state index contributed by atoms with van der Waals surface area (Å²) >= 11 is 0. The molecule has 32 heavy (non-hydrogen) atoms. The number of benzene rings is 2. The van der Waals surface area contributed by atoms with Crippen LogP contribution in [0.2, 0.25) is 0 Å². The summed E-state index contributed by atoms with van der Waals surface area (Å²) < 4.78 is 2.12. The number of nitriles is 1. The number of nitrogens with zero attached hydrogens (tertiary/aromatic N) is 7. The van der Waals surface area contributed by atoms with E-state index in [0.717, 1.165) is 52.0 Å². The smallest absolute Gasteiger partial charge is 0.205 e. The molecule has 0 saturated heterocycles. The zero-order chi connectivity index (χ0) is 21.9. The van der Waals surface area contributed by atoms with Crippen LogP contribution in [0.5, 0.6) is 0 Å². The van der Waals surface area contributed by atoms with Crippen molar-refractivity contribution in [1.82, 2.24) is 35.2 Å². The zero-order valence-corrected chi connectivity index (χ0v) is 17.5. The van der Waals surface area contributed by atoms with Crippen LogP contribution >= 0.6 is 0 Å². The van der Waals surface area contributed by atoms with Gasteiger partial charge in [0.15, 0.2) is 5.69 Å². The van der Waals surface area contributed by atoms with E-state index in [9.17, 15) is 5.26 Å². The number of hydrogen-bond donors (Lipinski definition) is 1. The Morgan fingerprint density at radius 3 is 2.56 bits per heavy atom. The van der Waals surface area contributed by atoms with Gasteiger partial charge < -0.3 is 4.57 Å². The maximum atomic E-state index is 9.56. The van der Waals surface area contributed by atoms with E-state index < -0.39 is 0 Å². The van der Waals surface area contributed by atoms with Crippen molar-refractivity contribution in [3.8, 4) is 28.6 Å². The molecule has 0 saturated carbocycles. The molecular weight excluding hydrogens is 400 g/mol. The van der Waals surface area contributed by atoms with Crippen LogP contribution in [0.1, 0.15) is 30.4 Å². The van der Waals surface area contributed by atoms with Crippen LogP contribution in [0.15, 0.2) is 60.8 Å². The average molecular weight is 420 g/mol. The van der Waals surface area contributed by atoms with Gasteiger partial charge >= 0.3 is 0 Å². The number of hydrogen-bond acceptors (Lipinski definition) is 6. The Morgan fingerprint density at radius 1 is 1.03 bits per heavy atom. The number of nitrogens with one attached hydrogen (secondary N) is 1. The predicted octanol–water partition coefficient (Wildman–Crippen LogP) is 4.15. The van der Waals surface area contributed by atoms with Gasteiger partial charge in [0.1, 0.15) is 17.4 Å². The second-order valence-corrected chi connectivity index (χ2v) is 7.48. The highest BCUT2D eigenvalue weighted by Crippen LogP contribution is 2.30.